The van der Waals surface area contributed by atoms with Crippen molar-refractivity contribution in [2.24, 2.45) is 0 Å². The molecule has 12 heteroatoms. The number of anilines is 1. The van der Waals surface area contributed by atoms with Gasteiger partial charge in [0.1, 0.15) is 11.4 Å². The SMILES string of the molecule is COc1ccccc1-n1nnnc1SCC(=O)Nc1ccc(C)c(S(=O)(=O)N(C)C)c1. The van der Waals surface area contributed by atoms with E-state index in [0.29, 0.717) is 27.8 Å². The van der Waals surface area contributed by atoms with Crippen molar-refractivity contribution in [1.82, 2.24) is 24.5 Å². The Morgan fingerprint density at radius 3 is 2.68 bits per heavy atom. The lowest BCUT2D eigenvalue weighted by Gasteiger charge is -2.15. The molecule has 2 aromatic carbocycles. The summed E-state index contributed by atoms with van der Waals surface area (Å²) >= 11 is 1.15. The third-order valence-corrected chi connectivity index (χ3v) is 7.19. The predicted octanol–water partition coefficient (Wildman–Crippen LogP) is 1.96. The first-order valence-electron chi connectivity index (χ1n) is 9.11. The molecule has 1 N–H and O–H groups in total. The Hall–Kier alpha value is -2.96. The minimum absolute atomic E-state index is 0.0269. The molecule has 0 aliphatic carbocycles. The first-order chi connectivity index (χ1) is 14.7. The summed E-state index contributed by atoms with van der Waals surface area (Å²) < 4.78 is 32.9. The van der Waals surface area contributed by atoms with Crippen molar-refractivity contribution >= 4 is 33.4 Å². The third-order valence-electron chi connectivity index (χ3n) is 4.32. The van der Waals surface area contributed by atoms with Gasteiger partial charge in [0, 0.05) is 19.8 Å². The molecule has 31 heavy (non-hydrogen) atoms. The molecule has 164 valence electrons. The quantitative estimate of drug-likeness (QED) is 0.505. The van der Waals surface area contributed by atoms with Crippen LogP contribution in [0.25, 0.3) is 5.69 Å². The molecule has 3 rings (SSSR count). The van der Waals surface area contributed by atoms with Gasteiger partial charge >= 0.3 is 0 Å². The van der Waals surface area contributed by atoms with Gasteiger partial charge in [-0.05, 0) is 47.2 Å². The van der Waals surface area contributed by atoms with Gasteiger partial charge < -0.3 is 10.1 Å². The molecular weight excluding hydrogens is 440 g/mol. The Balaban J connectivity index is 1.72. The first-order valence-corrected chi connectivity index (χ1v) is 11.5. The van der Waals surface area contributed by atoms with Gasteiger partial charge in [0.25, 0.3) is 0 Å². The largest absolute Gasteiger partial charge is 0.494 e. The van der Waals surface area contributed by atoms with E-state index in [1.54, 1.807) is 38.3 Å². The minimum Gasteiger partial charge on any atom is -0.494 e. The Bertz CT molecular complexity index is 1190. The van der Waals surface area contributed by atoms with E-state index in [1.165, 1.54) is 24.8 Å². The molecule has 0 fully saturated rings. The second-order valence-electron chi connectivity index (χ2n) is 6.65. The maximum absolute atomic E-state index is 12.5. The van der Waals surface area contributed by atoms with Crippen LogP contribution in [0.15, 0.2) is 52.5 Å². The fraction of sp³-hybridized carbons (Fsp3) is 0.263. The van der Waals surface area contributed by atoms with Crippen LogP contribution >= 0.6 is 11.8 Å². The van der Waals surface area contributed by atoms with Crippen molar-refractivity contribution < 1.29 is 17.9 Å². The number of nitrogens with one attached hydrogen (secondary N) is 1. The van der Waals surface area contributed by atoms with Gasteiger partial charge in [-0.25, -0.2) is 12.7 Å². The first kappa shape index (κ1) is 22.7. The normalized spacial score (nSPS) is 11.5. The highest BCUT2D eigenvalue weighted by Crippen LogP contribution is 2.26. The number of rotatable bonds is 8. The fourth-order valence-corrected chi connectivity index (χ4v) is 4.53. The van der Waals surface area contributed by atoms with Gasteiger partial charge in [0.05, 0.1) is 17.8 Å². The number of hydrogen-bond acceptors (Lipinski definition) is 8. The van der Waals surface area contributed by atoms with Crippen molar-refractivity contribution in [3.63, 3.8) is 0 Å². The van der Waals surface area contributed by atoms with Crippen LogP contribution in [0.5, 0.6) is 5.75 Å². The molecular formula is C19H22N6O4S2. The van der Waals surface area contributed by atoms with Gasteiger partial charge in [-0.1, -0.05) is 30.0 Å². The molecule has 0 atom stereocenters. The number of amides is 1. The molecule has 0 saturated heterocycles. The predicted molar refractivity (Wildman–Crippen MR) is 117 cm³/mol. The molecule has 1 heterocycles. The van der Waals surface area contributed by atoms with Crippen molar-refractivity contribution in [3.05, 3.63) is 48.0 Å². The summed E-state index contributed by atoms with van der Waals surface area (Å²) in [6, 6.07) is 12.0. The number of tetrazole rings is 1. The number of sulfonamides is 1. The van der Waals surface area contributed by atoms with Gasteiger partial charge in [-0.15, -0.1) is 5.10 Å². The monoisotopic (exact) mass is 462 g/mol. The van der Waals surface area contributed by atoms with Gasteiger partial charge in [0.15, 0.2) is 0 Å². The second kappa shape index (κ2) is 9.45. The number of benzene rings is 2. The fourth-order valence-electron chi connectivity index (χ4n) is 2.70. The lowest BCUT2D eigenvalue weighted by Crippen LogP contribution is -2.23. The summed E-state index contributed by atoms with van der Waals surface area (Å²) in [4.78, 5) is 12.6. The Labute approximate surface area is 184 Å². The Kier molecular flexibility index (Phi) is 6.93. The summed E-state index contributed by atoms with van der Waals surface area (Å²) in [6.07, 6.45) is 0. The number of methoxy groups -OCH3 is 1. The van der Waals surface area contributed by atoms with Crippen LogP contribution in [-0.4, -0.2) is 65.8 Å². The average Bonchev–Trinajstić information content (AvgIpc) is 3.21. The lowest BCUT2D eigenvalue weighted by molar-refractivity contribution is -0.113. The number of nitrogens with zero attached hydrogens (tertiary/aromatic N) is 5. The average molecular weight is 463 g/mol. The lowest BCUT2D eigenvalue weighted by atomic mass is 10.2. The highest BCUT2D eigenvalue weighted by atomic mass is 32.2. The van der Waals surface area contributed by atoms with Crippen LogP contribution in [0.3, 0.4) is 0 Å². The van der Waals surface area contributed by atoms with E-state index in [4.69, 9.17) is 4.74 Å². The standard InChI is InChI=1S/C19H22N6O4S2/c1-13-9-10-14(11-17(13)31(27,28)24(2)3)20-18(26)12-30-19-21-22-23-25(19)15-7-5-6-8-16(15)29-4/h5-11H,12H2,1-4H3,(H,20,26). The topological polar surface area (TPSA) is 119 Å². The number of thioether (sulfide) groups is 1. The molecule has 10 nitrogen and oxygen atoms in total. The van der Waals surface area contributed by atoms with Crippen LogP contribution in [0.1, 0.15) is 5.56 Å². The molecule has 1 amide bonds. The summed E-state index contributed by atoms with van der Waals surface area (Å²) in [6.45, 7) is 1.70. The molecule has 0 aliphatic rings. The zero-order valence-electron chi connectivity index (χ0n) is 17.4. The number of ether oxygens (including phenoxy) is 1. The summed E-state index contributed by atoms with van der Waals surface area (Å²) in [7, 11) is 0.852. The van der Waals surface area contributed by atoms with E-state index in [1.807, 2.05) is 12.1 Å². The maximum Gasteiger partial charge on any atom is 0.242 e. The number of para-hydroxylation sites is 2. The zero-order valence-corrected chi connectivity index (χ0v) is 19.1. The molecule has 0 unspecified atom stereocenters. The van der Waals surface area contributed by atoms with Gasteiger partial charge in [-0.2, -0.15) is 4.68 Å². The van der Waals surface area contributed by atoms with E-state index in [9.17, 15) is 13.2 Å². The highest BCUT2D eigenvalue weighted by Gasteiger charge is 2.21. The molecule has 0 saturated carbocycles. The van der Waals surface area contributed by atoms with Crippen LogP contribution in [0.4, 0.5) is 5.69 Å². The molecule has 0 radical (unpaired) electrons. The van der Waals surface area contributed by atoms with Crippen LogP contribution in [0.2, 0.25) is 0 Å². The van der Waals surface area contributed by atoms with Crippen molar-refractivity contribution in [3.8, 4) is 11.4 Å². The van der Waals surface area contributed by atoms with Gasteiger partial charge in [0.2, 0.25) is 21.1 Å². The number of aryl methyl sites for hydroxylation is 1. The van der Waals surface area contributed by atoms with Crippen molar-refractivity contribution in [2.45, 2.75) is 17.0 Å². The second-order valence-corrected chi connectivity index (χ2v) is 9.71. The molecule has 3 aromatic rings. The third kappa shape index (κ3) is 5.03. The number of aromatic nitrogens is 4. The number of carbonyl (C=O) groups is 1. The number of carbonyl (C=O) groups excluding carboxylic acids is 1. The van der Waals surface area contributed by atoms with Gasteiger partial charge in [-0.3, -0.25) is 4.79 Å². The maximum atomic E-state index is 12.5. The number of hydrogen-bond donors (Lipinski definition) is 1. The Morgan fingerprint density at radius 1 is 1.23 bits per heavy atom. The minimum atomic E-state index is -3.62. The van der Waals surface area contributed by atoms with E-state index >= 15 is 0 Å². The summed E-state index contributed by atoms with van der Waals surface area (Å²) in [5, 5.41) is 14.8. The zero-order chi connectivity index (χ0) is 22.6. The molecule has 0 aliphatic heterocycles. The Morgan fingerprint density at radius 2 is 1.97 bits per heavy atom. The van der Waals surface area contributed by atoms with Crippen LogP contribution < -0.4 is 10.1 Å². The molecule has 0 spiro atoms. The van der Waals surface area contributed by atoms with Crippen LogP contribution in [0, 0.1) is 6.92 Å². The molecule has 0 bridgehead atoms. The summed E-state index contributed by atoms with van der Waals surface area (Å²) in [5.41, 5.74) is 1.63. The van der Waals surface area contributed by atoms with Crippen molar-refractivity contribution in [2.75, 3.05) is 32.3 Å². The summed E-state index contributed by atoms with van der Waals surface area (Å²) in [5.74, 6) is 0.297. The van der Waals surface area contributed by atoms with E-state index in [2.05, 4.69) is 20.8 Å². The molecule has 1 aromatic heterocycles. The van der Waals surface area contributed by atoms with Crippen molar-refractivity contribution in [1.29, 1.82) is 0 Å². The van der Waals surface area contributed by atoms with E-state index in [-0.39, 0.29) is 16.6 Å². The van der Waals surface area contributed by atoms with E-state index in [0.717, 1.165) is 16.1 Å². The highest BCUT2D eigenvalue weighted by molar-refractivity contribution is 7.99. The van der Waals surface area contributed by atoms with E-state index < -0.39 is 10.0 Å². The smallest absolute Gasteiger partial charge is 0.242 e. The van der Waals surface area contributed by atoms with Crippen LogP contribution in [-0.2, 0) is 14.8 Å².